The Labute approximate surface area is 163 Å². The van der Waals surface area contributed by atoms with Crippen LogP contribution in [0, 0.1) is 0 Å². The molecule has 4 nitrogen and oxygen atoms in total. The number of aryl methyl sites for hydroxylation is 2. The number of methoxy groups -OCH3 is 1. The molecule has 0 aliphatic rings. The lowest BCUT2D eigenvalue weighted by Crippen LogP contribution is -1.92. The van der Waals surface area contributed by atoms with Gasteiger partial charge >= 0.3 is 0 Å². The number of hydrogen-bond acceptors (Lipinski definition) is 3. The van der Waals surface area contributed by atoms with Crippen molar-refractivity contribution in [2.45, 2.75) is 25.7 Å². The van der Waals surface area contributed by atoms with E-state index >= 15 is 0 Å². The summed E-state index contributed by atoms with van der Waals surface area (Å²) in [6.07, 6.45) is 8.13. The molecule has 28 heavy (non-hydrogen) atoms. The van der Waals surface area contributed by atoms with Crippen molar-refractivity contribution < 1.29 is 9.15 Å². The Kier molecular flexibility index (Phi) is 4.24. The first-order valence-corrected chi connectivity index (χ1v) is 9.72. The Morgan fingerprint density at radius 3 is 2.79 bits per heavy atom. The molecule has 0 unspecified atom stereocenters. The molecule has 5 rings (SSSR count). The van der Waals surface area contributed by atoms with Gasteiger partial charge in [-0.25, -0.2) is 0 Å². The Balaban J connectivity index is 1.31. The molecule has 1 N–H and O–H groups in total. The van der Waals surface area contributed by atoms with E-state index in [1.54, 1.807) is 7.11 Å². The fraction of sp³-hybridized carbons (Fsp3) is 0.208. The first-order chi connectivity index (χ1) is 13.8. The van der Waals surface area contributed by atoms with Crippen LogP contribution in [0.2, 0.25) is 0 Å². The van der Waals surface area contributed by atoms with Gasteiger partial charge in [-0.2, -0.15) is 0 Å². The fourth-order valence-corrected chi connectivity index (χ4v) is 3.98. The van der Waals surface area contributed by atoms with E-state index in [-0.39, 0.29) is 0 Å². The largest absolute Gasteiger partial charge is 0.497 e. The lowest BCUT2D eigenvalue weighted by molar-refractivity contribution is 0.415. The van der Waals surface area contributed by atoms with Crippen molar-refractivity contribution in [1.29, 1.82) is 0 Å². The molecule has 0 spiro atoms. The van der Waals surface area contributed by atoms with Crippen molar-refractivity contribution >= 4 is 32.8 Å². The molecule has 0 bridgehead atoms. The average Bonchev–Trinajstić information content (AvgIpc) is 3.32. The summed E-state index contributed by atoms with van der Waals surface area (Å²) in [7, 11) is 1.71. The number of pyridine rings is 1. The molecule has 3 heterocycles. The van der Waals surface area contributed by atoms with Gasteiger partial charge in [-0.15, -0.1) is 0 Å². The van der Waals surface area contributed by atoms with Gasteiger partial charge in [0.1, 0.15) is 11.3 Å². The van der Waals surface area contributed by atoms with Gasteiger partial charge in [0.05, 0.1) is 12.8 Å². The van der Waals surface area contributed by atoms with Gasteiger partial charge in [-0.05, 0) is 61.6 Å². The van der Waals surface area contributed by atoms with E-state index in [1.807, 2.05) is 36.5 Å². The van der Waals surface area contributed by atoms with Crippen LogP contribution in [-0.4, -0.2) is 17.1 Å². The lowest BCUT2D eigenvalue weighted by atomic mass is 10.0. The van der Waals surface area contributed by atoms with Gasteiger partial charge in [0.25, 0.3) is 0 Å². The van der Waals surface area contributed by atoms with Crippen molar-refractivity contribution in [2.24, 2.45) is 0 Å². The first-order valence-electron chi connectivity index (χ1n) is 9.72. The summed E-state index contributed by atoms with van der Waals surface area (Å²) in [6.45, 7) is 0. The highest BCUT2D eigenvalue weighted by molar-refractivity contribution is 6.05. The van der Waals surface area contributed by atoms with Gasteiger partial charge in [-0.1, -0.05) is 18.2 Å². The summed E-state index contributed by atoms with van der Waals surface area (Å²) in [5.74, 6) is 0.897. The topological polar surface area (TPSA) is 51.0 Å². The summed E-state index contributed by atoms with van der Waals surface area (Å²) in [5, 5.41) is 3.56. The number of hydrogen-bond donors (Lipinski definition) is 1. The normalized spacial score (nSPS) is 11.6. The van der Waals surface area contributed by atoms with Crippen LogP contribution in [0.1, 0.15) is 24.1 Å². The van der Waals surface area contributed by atoms with Crippen LogP contribution in [0.15, 0.2) is 65.3 Å². The highest BCUT2D eigenvalue weighted by Crippen LogP contribution is 2.30. The first kappa shape index (κ1) is 16.9. The van der Waals surface area contributed by atoms with Gasteiger partial charge in [-0.3, -0.25) is 4.98 Å². The molecule has 0 saturated heterocycles. The zero-order valence-corrected chi connectivity index (χ0v) is 15.9. The van der Waals surface area contributed by atoms with Crippen LogP contribution in [0.4, 0.5) is 0 Å². The third-order valence-corrected chi connectivity index (χ3v) is 5.45. The summed E-state index contributed by atoms with van der Waals surface area (Å²) < 4.78 is 11.5. The highest BCUT2D eigenvalue weighted by atomic mass is 16.5. The molecule has 2 aromatic carbocycles. The van der Waals surface area contributed by atoms with Gasteiger partial charge < -0.3 is 14.1 Å². The van der Waals surface area contributed by atoms with Crippen LogP contribution in [0.25, 0.3) is 32.8 Å². The number of furan rings is 1. The summed E-state index contributed by atoms with van der Waals surface area (Å²) >= 11 is 0. The number of H-pyrrole nitrogens is 1. The van der Waals surface area contributed by atoms with Crippen molar-refractivity contribution in [3.63, 3.8) is 0 Å². The van der Waals surface area contributed by atoms with E-state index in [0.717, 1.165) is 64.6 Å². The van der Waals surface area contributed by atoms with Crippen LogP contribution in [-0.2, 0) is 12.8 Å². The predicted octanol–water partition coefficient (Wildman–Crippen LogP) is 6.04. The standard InChI is InChI=1S/C24H22N2O2/c1-27-17-10-11-21-20(14-17)16(15-26-21)6-2-4-8-22-24-19(12-13-25-22)18-7-3-5-9-23(18)28-24/h3,5,7,9-15,26H,2,4,6,8H2,1H3. The van der Waals surface area contributed by atoms with Crippen LogP contribution in [0.3, 0.4) is 0 Å². The Morgan fingerprint density at radius 1 is 0.964 bits per heavy atom. The highest BCUT2D eigenvalue weighted by Gasteiger charge is 2.11. The second-order valence-corrected chi connectivity index (χ2v) is 7.17. The second kappa shape index (κ2) is 7.04. The van der Waals surface area contributed by atoms with E-state index in [4.69, 9.17) is 9.15 Å². The zero-order valence-electron chi connectivity index (χ0n) is 15.9. The quantitative estimate of drug-likeness (QED) is 0.371. The molecule has 0 radical (unpaired) electrons. The van der Waals surface area contributed by atoms with Crippen molar-refractivity contribution in [3.8, 4) is 5.75 Å². The molecule has 0 aliphatic heterocycles. The van der Waals surface area contributed by atoms with E-state index in [9.17, 15) is 0 Å². The number of nitrogens with one attached hydrogen (secondary N) is 1. The van der Waals surface area contributed by atoms with Crippen LogP contribution < -0.4 is 4.74 Å². The minimum Gasteiger partial charge on any atom is -0.497 e. The van der Waals surface area contributed by atoms with E-state index in [0.29, 0.717) is 0 Å². The third-order valence-electron chi connectivity index (χ3n) is 5.45. The number of nitrogens with zero attached hydrogens (tertiary/aromatic N) is 1. The molecule has 5 aromatic rings. The molecule has 0 aliphatic carbocycles. The predicted molar refractivity (Wildman–Crippen MR) is 113 cm³/mol. The number of rotatable bonds is 6. The molecule has 140 valence electrons. The van der Waals surface area contributed by atoms with Gasteiger partial charge in [0.15, 0.2) is 5.58 Å². The van der Waals surface area contributed by atoms with E-state index in [1.165, 1.54) is 10.9 Å². The molecular weight excluding hydrogens is 348 g/mol. The van der Waals surface area contributed by atoms with Crippen LogP contribution in [0.5, 0.6) is 5.75 Å². The number of fused-ring (bicyclic) bond motifs is 4. The summed E-state index contributed by atoms with van der Waals surface area (Å²) in [5.41, 5.74) is 5.41. The molecule has 0 amide bonds. The number of para-hydroxylation sites is 1. The van der Waals surface area contributed by atoms with Crippen molar-refractivity contribution in [1.82, 2.24) is 9.97 Å². The second-order valence-electron chi connectivity index (χ2n) is 7.17. The molecule has 3 aromatic heterocycles. The average molecular weight is 370 g/mol. The lowest BCUT2D eigenvalue weighted by Gasteiger charge is -2.03. The maximum atomic E-state index is 6.09. The molecule has 0 saturated carbocycles. The number of benzene rings is 2. The van der Waals surface area contributed by atoms with E-state index in [2.05, 4.69) is 34.4 Å². The number of unbranched alkanes of at least 4 members (excludes halogenated alkanes) is 1. The number of ether oxygens (including phenoxy) is 1. The molecule has 0 fully saturated rings. The molecular formula is C24H22N2O2. The maximum Gasteiger partial charge on any atom is 0.156 e. The Hall–Kier alpha value is -3.27. The summed E-state index contributed by atoms with van der Waals surface area (Å²) in [6, 6.07) is 16.4. The summed E-state index contributed by atoms with van der Waals surface area (Å²) in [4.78, 5) is 7.95. The van der Waals surface area contributed by atoms with E-state index < -0.39 is 0 Å². The Morgan fingerprint density at radius 2 is 1.86 bits per heavy atom. The monoisotopic (exact) mass is 370 g/mol. The maximum absolute atomic E-state index is 6.09. The SMILES string of the molecule is COc1ccc2[nH]cc(CCCCc3nccc4c3oc3ccccc34)c2c1. The zero-order chi connectivity index (χ0) is 18.9. The number of aromatic amines is 1. The third kappa shape index (κ3) is 2.91. The Bertz CT molecular complexity index is 1270. The molecule has 0 atom stereocenters. The molecule has 4 heteroatoms. The van der Waals surface area contributed by atoms with Crippen molar-refractivity contribution in [2.75, 3.05) is 7.11 Å². The minimum absolute atomic E-state index is 0.897. The minimum atomic E-state index is 0.897. The smallest absolute Gasteiger partial charge is 0.156 e. The number of aromatic nitrogens is 2. The van der Waals surface area contributed by atoms with Gasteiger partial charge in [0.2, 0.25) is 0 Å². The van der Waals surface area contributed by atoms with Crippen molar-refractivity contribution in [3.05, 3.63) is 72.2 Å². The fourth-order valence-electron chi connectivity index (χ4n) is 3.98. The van der Waals surface area contributed by atoms with Crippen LogP contribution >= 0.6 is 0 Å². The van der Waals surface area contributed by atoms with Gasteiger partial charge in [0, 0.05) is 34.1 Å².